The second kappa shape index (κ2) is 4.06. The average Bonchev–Trinajstić information content (AvgIpc) is 2.59. The van der Waals surface area contributed by atoms with Crippen LogP contribution in [-0.2, 0) is 9.59 Å². The molecule has 1 amide bonds. The van der Waals surface area contributed by atoms with Crippen LogP contribution in [0.3, 0.4) is 0 Å². The van der Waals surface area contributed by atoms with Gasteiger partial charge in [-0.25, -0.2) is 0 Å². The monoisotopic (exact) mass is 315 g/mol. The van der Waals surface area contributed by atoms with Crippen molar-refractivity contribution in [1.82, 2.24) is 5.32 Å². The van der Waals surface area contributed by atoms with E-state index in [0.29, 0.717) is 6.54 Å². The quantitative estimate of drug-likeness (QED) is 0.814. The van der Waals surface area contributed by atoms with E-state index in [2.05, 4.69) is 35.1 Å². The van der Waals surface area contributed by atoms with Gasteiger partial charge in [-0.2, -0.15) is 0 Å². The molecule has 3 nitrogen and oxygen atoms in total. The second-order valence-corrected chi connectivity index (χ2v) is 7.33. The molecule has 4 heteroatoms. The van der Waals surface area contributed by atoms with E-state index in [-0.39, 0.29) is 27.3 Å². The summed E-state index contributed by atoms with van der Waals surface area (Å²) in [5.41, 5.74) is -1.23. The summed E-state index contributed by atoms with van der Waals surface area (Å²) >= 11 is 3.51. The fourth-order valence-electron chi connectivity index (χ4n) is 3.85. The van der Waals surface area contributed by atoms with Crippen LogP contribution >= 0.6 is 15.9 Å². The van der Waals surface area contributed by atoms with Gasteiger partial charge in [-0.15, -0.1) is 0 Å². The van der Waals surface area contributed by atoms with Crippen molar-refractivity contribution in [2.75, 3.05) is 6.54 Å². The summed E-state index contributed by atoms with van der Waals surface area (Å²) in [6.07, 6.45) is 2.54. The predicted octanol–water partition coefficient (Wildman–Crippen LogP) is 2.67. The van der Waals surface area contributed by atoms with Gasteiger partial charge < -0.3 is 5.32 Å². The Morgan fingerprint density at radius 2 is 2.00 bits per heavy atom. The Morgan fingerprint density at radius 3 is 2.44 bits per heavy atom. The Hall–Kier alpha value is -0.380. The number of carbonyl (C=O) groups is 2. The molecule has 0 heterocycles. The molecule has 0 unspecified atom stereocenters. The van der Waals surface area contributed by atoms with Crippen LogP contribution in [0.5, 0.6) is 0 Å². The first-order chi connectivity index (χ1) is 8.25. The minimum Gasteiger partial charge on any atom is -0.356 e. The zero-order valence-corrected chi connectivity index (χ0v) is 13.2. The summed E-state index contributed by atoms with van der Waals surface area (Å²) in [7, 11) is 0. The number of fused-ring (bicyclic) bond motifs is 2. The second-order valence-electron chi connectivity index (χ2n) is 6.41. The first kappa shape index (κ1) is 14.0. The first-order valence-electron chi connectivity index (χ1n) is 6.72. The summed E-state index contributed by atoms with van der Waals surface area (Å²) in [5, 5.41) is 3.00. The molecule has 3 atom stereocenters. The third-order valence-electron chi connectivity index (χ3n) is 5.66. The van der Waals surface area contributed by atoms with Crippen LogP contribution in [0.15, 0.2) is 0 Å². The lowest BCUT2D eigenvalue weighted by molar-refractivity contribution is -0.135. The average molecular weight is 316 g/mol. The van der Waals surface area contributed by atoms with Crippen molar-refractivity contribution in [2.24, 2.45) is 16.2 Å². The van der Waals surface area contributed by atoms with Crippen LogP contribution < -0.4 is 5.32 Å². The van der Waals surface area contributed by atoms with Crippen LogP contribution in [0.4, 0.5) is 0 Å². The molecule has 2 rings (SSSR count). The summed E-state index contributed by atoms with van der Waals surface area (Å²) in [6, 6.07) is 0. The van der Waals surface area contributed by atoms with Gasteiger partial charge in [-0.3, -0.25) is 9.59 Å². The fraction of sp³-hybridized carbons (Fsp3) is 0.857. The van der Waals surface area contributed by atoms with Gasteiger partial charge in [0.2, 0.25) is 5.91 Å². The maximum absolute atomic E-state index is 12.6. The Labute approximate surface area is 117 Å². The standard InChI is InChI=1S/C14H22BrNO2/c1-5-8-16-11(18)14-7-6-13(4,12(14,2)3)10(17)9(14)15/h9H,5-8H2,1-4H3,(H,16,18)/t9-,13+,14-/m1/s1. The lowest BCUT2D eigenvalue weighted by Gasteiger charge is -2.39. The van der Waals surface area contributed by atoms with E-state index < -0.39 is 5.41 Å². The molecule has 1 N–H and O–H groups in total. The number of hydrogen-bond acceptors (Lipinski definition) is 2. The van der Waals surface area contributed by atoms with Crippen molar-refractivity contribution in [1.29, 1.82) is 0 Å². The predicted molar refractivity (Wildman–Crippen MR) is 74.6 cm³/mol. The molecular formula is C14H22BrNO2. The van der Waals surface area contributed by atoms with Gasteiger partial charge in [0.1, 0.15) is 0 Å². The molecule has 0 spiro atoms. The Morgan fingerprint density at radius 1 is 1.39 bits per heavy atom. The van der Waals surface area contributed by atoms with Crippen LogP contribution in [0.2, 0.25) is 0 Å². The molecule has 2 bridgehead atoms. The molecule has 0 aromatic rings. The third kappa shape index (κ3) is 1.30. The highest BCUT2D eigenvalue weighted by atomic mass is 79.9. The SMILES string of the molecule is CCCNC(=O)[C@@]12CC[C@@](C)(C(=O)[C@H]1Br)C2(C)C. The van der Waals surface area contributed by atoms with Crippen LogP contribution in [0, 0.1) is 16.2 Å². The largest absolute Gasteiger partial charge is 0.356 e. The molecule has 2 fully saturated rings. The molecule has 0 aromatic heterocycles. The van der Waals surface area contributed by atoms with E-state index in [9.17, 15) is 9.59 Å². The maximum Gasteiger partial charge on any atom is 0.228 e. The molecule has 18 heavy (non-hydrogen) atoms. The van der Waals surface area contributed by atoms with Gasteiger partial charge in [-0.05, 0) is 24.7 Å². The van der Waals surface area contributed by atoms with Gasteiger partial charge in [0, 0.05) is 12.0 Å². The van der Waals surface area contributed by atoms with E-state index in [0.717, 1.165) is 19.3 Å². The zero-order chi connectivity index (χ0) is 13.8. The number of amides is 1. The van der Waals surface area contributed by atoms with Crippen molar-refractivity contribution < 1.29 is 9.59 Å². The number of nitrogens with one attached hydrogen (secondary N) is 1. The van der Waals surface area contributed by atoms with E-state index in [1.807, 2.05) is 13.8 Å². The third-order valence-corrected chi connectivity index (χ3v) is 6.86. The highest BCUT2D eigenvalue weighted by Crippen LogP contribution is 2.72. The van der Waals surface area contributed by atoms with E-state index in [1.54, 1.807) is 0 Å². The molecule has 0 radical (unpaired) electrons. The lowest BCUT2D eigenvalue weighted by atomic mass is 9.64. The van der Waals surface area contributed by atoms with Gasteiger partial charge in [0.25, 0.3) is 0 Å². The van der Waals surface area contributed by atoms with Crippen LogP contribution in [0.1, 0.15) is 47.0 Å². The van der Waals surface area contributed by atoms with Gasteiger partial charge >= 0.3 is 0 Å². The number of hydrogen-bond donors (Lipinski definition) is 1. The number of ketones is 1. The molecule has 0 aromatic carbocycles. The van der Waals surface area contributed by atoms with E-state index >= 15 is 0 Å². The molecular weight excluding hydrogens is 294 g/mol. The number of halogens is 1. The Bertz CT molecular complexity index is 407. The smallest absolute Gasteiger partial charge is 0.228 e. The number of alkyl halides is 1. The number of Topliss-reactive ketones (excluding diaryl/α,β-unsaturated/α-hetero) is 1. The first-order valence-corrected chi connectivity index (χ1v) is 7.64. The van der Waals surface area contributed by atoms with Crippen molar-refractivity contribution in [2.45, 2.75) is 51.8 Å². The van der Waals surface area contributed by atoms with Crippen molar-refractivity contribution in [3.05, 3.63) is 0 Å². The highest BCUT2D eigenvalue weighted by molar-refractivity contribution is 9.10. The molecule has 0 saturated heterocycles. The van der Waals surface area contributed by atoms with Crippen molar-refractivity contribution >= 4 is 27.6 Å². The summed E-state index contributed by atoms with van der Waals surface area (Å²) in [5.74, 6) is 0.246. The number of rotatable bonds is 3. The summed E-state index contributed by atoms with van der Waals surface area (Å²) in [6.45, 7) is 8.88. The van der Waals surface area contributed by atoms with Gasteiger partial charge in [-0.1, -0.05) is 43.6 Å². The summed E-state index contributed by atoms with van der Waals surface area (Å²) in [4.78, 5) is 24.7. The lowest BCUT2D eigenvalue weighted by Crippen LogP contribution is -2.50. The van der Waals surface area contributed by atoms with Crippen molar-refractivity contribution in [3.8, 4) is 0 Å². The van der Waals surface area contributed by atoms with E-state index in [1.165, 1.54) is 0 Å². The van der Waals surface area contributed by atoms with Crippen molar-refractivity contribution in [3.63, 3.8) is 0 Å². The minimum absolute atomic E-state index is 0.0470. The normalized spacial score (nSPS) is 41.2. The molecule has 2 saturated carbocycles. The Balaban J connectivity index is 2.43. The van der Waals surface area contributed by atoms with Gasteiger partial charge in [0.05, 0.1) is 10.2 Å². The molecule has 0 aliphatic heterocycles. The highest BCUT2D eigenvalue weighted by Gasteiger charge is 2.76. The molecule has 102 valence electrons. The minimum atomic E-state index is -0.575. The zero-order valence-electron chi connectivity index (χ0n) is 11.6. The van der Waals surface area contributed by atoms with Crippen LogP contribution in [0.25, 0.3) is 0 Å². The maximum atomic E-state index is 12.6. The molecule has 2 aliphatic rings. The fourth-order valence-corrected chi connectivity index (χ4v) is 5.37. The Kier molecular flexibility index (Phi) is 3.16. The van der Waals surface area contributed by atoms with Gasteiger partial charge in [0.15, 0.2) is 5.78 Å². The van der Waals surface area contributed by atoms with Crippen LogP contribution in [-0.4, -0.2) is 23.1 Å². The number of carbonyl (C=O) groups excluding carboxylic acids is 2. The summed E-state index contributed by atoms with van der Waals surface area (Å²) < 4.78 is 0. The topological polar surface area (TPSA) is 46.2 Å². The molecule has 2 aliphatic carbocycles. The van der Waals surface area contributed by atoms with E-state index in [4.69, 9.17) is 0 Å².